The molecule has 0 spiro atoms. The van der Waals surface area contributed by atoms with Crippen molar-refractivity contribution in [1.29, 1.82) is 0 Å². The van der Waals surface area contributed by atoms with Gasteiger partial charge >= 0.3 is 0 Å². The molecule has 0 saturated carbocycles. The molecule has 108 valence electrons. The van der Waals surface area contributed by atoms with Gasteiger partial charge in [-0.15, -0.1) is 5.10 Å². The van der Waals surface area contributed by atoms with Crippen molar-refractivity contribution in [3.63, 3.8) is 0 Å². The number of hydrogen-bond acceptors (Lipinski definition) is 4. The first-order chi connectivity index (χ1) is 9.65. The van der Waals surface area contributed by atoms with Crippen LogP contribution in [-0.4, -0.2) is 28.2 Å². The van der Waals surface area contributed by atoms with Crippen molar-refractivity contribution >= 4 is 34.2 Å². The van der Waals surface area contributed by atoms with Crippen LogP contribution in [0.4, 0.5) is 0 Å². The fourth-order valence-electron chi connectivity index (χ4n) is 1.69. The van der Waals surface area contributed by atoms with Gasteiger partial charge in [0.2, 0.25) is 6.29 Å². The second-order valence-electron chi connectivity index (χ2n) is 3.93. The molecule has 0 bridgehead atoms. The summed E-state index contributed by atoms with van der Waals surface area (Å²) in [5.74, 6) is 0. The van der Waals surface area contributed by atoms with E-state index >= 15 is 0 Å². The predicted molar refractivity (Wildman–Crippen MR) is 85.1 cm³/mol. The van der Waals surface area contributed by atoms with Gasteiger partial charge in [0.05, 0.1) is 16.9 Å². The minimum absolute atomic E-state index is 0.499. The monoisotopic (exact) mass is 407 g/mol. The number of benzene rings is 1. The summed E-state index contributed by atoms with van der Waals surface area (Å²) in [6, 6.07) is 5.74. The minimum Gasteiger partial charge on any atom is -0.347 e. The first-order valence-electron chi connectivity index (χ1n) is 6.26. The molecule has 2 aromatic rings. The summed E-state index contributed by atoms with van der Waals surface area (Å²) in [7, 11) is 0. The summed E-state index contributed by atoms with van der Waals surface area (Å²) in [4.78, 5) is 0. The second-order valence-corrected chi connectivity index (χ2v) is 5.58. The molecule has 7 heteroatoms. The lowest BCUT2D eigenvalue weighted by molar-refractivity contribution is -0.142. The maximum absolute atomic E-state index is 6.22. The minimum atomic E-state index is -0.499. The van der Waals surface area contributed by atoms with Crippen LogP contribution in [0.2, 0.25) is 5.02 Å². The van der Waals surface area contributed by atoms with Crippen LogP contribution in [0, 0.1) is 3.57 Å². The Morgan fingerprint density at radius 2 is 2.00 bits per heavy atom. The van der Waals surface area contributed by atoms with E-state index in [1.165, 1.54) is 0 Å². The lowest BCUT2D eigenvalue weighted by atomic mass is 10.3. The van der Waals surface area contributed by atoms with Crippen LogP contribution in [-0.2, 0) is 9.47 Å². The fraction of sp³-hybridized carbons (Fsp3) is 0.385. The average molecular weight is 408 g/mol. The topological polar surface area (TPSA) is 49.2 Å². The summed E-state index contributed by atoms with van der Waals surface area (Å²) in [5, 5.41) is 8.80. The summed E-state index contributed by atoms with van der Waals surface area (Å²) < 4.78 is 13.7. The maximum Gasteiger partial charge on any atom is 0.204 e. The molecule has 0 aliphatic rings. The first-order valence-corrected chi connectivity index (χ1v) is 7.72. The third-order valence-corrected chi connectivity index (χ3v) is 3.52. The highest BCUT2D eigenvalue weighted by Crippen LogP contribution is 2.24. The molecule has 0 amide bonds. The Morgan fingerprint density at radius 3 is 2.60 bits per heavy atom. The van der Waals surface area contributed by atoms with Crippen molar-refractivity contribution in [2.75, 3.05) is 13.2 Å². The zero-order valence-electron chi connectivity index (χ0n) is 11.2. The third kappa shape index (κ3) is 3.69. The molecular formula is C13H15ClIN3O2. The van der Waals surface area contributed by atoms with Gasteiger partial charge in [-0.1, -0.05) is 16.8 Å². The smallest absolute Gasteiger partial charge is 0.204 e. The van der Waals surface area contributed by atoms with Crippen LogP contribution in [0.1, 0.15) is 25.8 Å². The van der Waals surface area contributed by atoms with E-state index in [9.17, 15) is 0 Å². The summed E-state index contributed by atoms with van der Waals surface area (Å²) in [5.41, 5.74) is 1.40. The van der Waals surface area contributed by atoms with Gasteiger partial charge in [0.1, 0.15) is 5.69 Å². The van der Waals surface area contributed by atoms with Gasteiger partial charge in [0.15, 0.2) is 0 Å². The molecule has 0 N–H and O–H groups in total. The Balaban J connectivity index is 2.27. The van der Waals surface area contributed by atoms with Crippen LogP contribution in [0.25, 0.3) is 5.69 Å². The van der Waals surface area contributed by atoms with Gasteiger partial charge in [0.25, 0.3) is 0 Å². The van der Waals surface area contributed by atoms with Crippen molar-refractivity contribution in [3.8, 4) is 5.69 Å². The maximum atomic E-state index is 6.22. The molecule has 0 fully saturated rings. The lowest BCUT2D eigenvalue weighted by Crippen LogP contribution is -2.09. The average Bonchev–Trinajstić information content (AvgIpc) is 2.88. The Hall–Kier alpha value is -0.700. The van der Waals surface area contributed by atoms with Crippen LogP contribution < -0.4 is 0 Å². The van der Waals surface area contributed by atoms with E-state index in [2.05, 4.69) is 32.9 Å². The fourth-order valence-corrected chi connectivity index (χ4v) is 2.63. The Morgan fingerprint density at radius 1 is 1.30 bits per heavy atom. The number of ether oxygens (including phenoxy) is 2. The molecule has 1 heterocycles. The molecule has 0 saturated heterocycles. The molecule has 0 radical (unpaired) electrons. The molecule has 0 unspecified atom stereocenters. The summed E-state index contributed by atoms with van der Waals surface area (Å²) in [6.45, 7) is 4.91. The van der Waals surface area contributed by atoms with Crippen molar-refractivity contribution in [3.05, 3.63) is 38.7 Å². The molecular weight excluding hydrogens is 393 g/mol. The summed E-state index contributed by atoms with van der Waals surface area (Å²) in [6.07, 6.45) is 1.27. The second kappa shape index (κ2) is 7.35. The Bertz CT molecular complexity index is 570. The number of rotatable bonds is 6. The van der Waals surface area contributed by atoms with Crippen molar-refractivity contribution in [1.82, 2.24) is 15.0 Å². The molecule has 0 aliphatic heterocycles. The molecule has 2 rings (SSSR count). The molecule has 1 aromatic heterocycles. The molecule has 0 aliphatic carbocycles. The van der Waals surface area contributed by atoms with Gasteiger partial charge in [-0.05, 0) is 54.6 Å². The van der Waals surface area contributed by atoms with Crippen LogP contribution >= 0.6 is 34.2 Å². The Labute approximate surface area is 136 Å². The SMILES string of the molecule is CCOC(OCC)c1cn(-c2ccc(I)cc2Cl)nn1. The van der Waals surface area contributed by atoms with E-state index in [1.807, 2.05) is 32.0 Å². The zero-order valence-corrected chi connectivity index (χ0v) is 14.1. The van der Waals surface area contributed by atoms with E-state index in [0.717, 1.165) is 9.26 Å². The van der Waals surface area contributed by atoms with Gasteiger partial charge in [0, 0.05) is 16.8 Å². The quantitative estimate of drug-likeness (QED) is 0.542. The molecule has 1 aromatic carbocycles. The van der Waals surface area contributed by atoms with E-state index in [0.29, 0.717) is 23.9 Å². The summed E-state index contributed by atoms with van der Waals surface area (Å²) >= 11 is 8.43. The van der Waals surface area contributed by atoms with Crippen LogP contribution in [0.3, 0.4) is 0 Å². The zero-order chi connectivity index (χ0) is 14.5. The first kappa shape index (κ1) is 15.7. The standard InChI is InChI=1S/C13H15ClIN3O2/c1-3-19-13(20-4-2)11-8-18(17-16-11)12-6-5-9(15)7-10(12)14/h5-8,13H,3-4H2,1-2H3. The lowest BCUT2D eigenvalue weighted by Gasteiger charge is -2.13. The third-order valence-electron chi connectivity index (χ3n) is 2.55. The normalized spacial score (nSPS) is 11.2. The van der Waals surface area contributed by atoms with Crippen molar-refractivity contribution in [2.45, 2.75) is 20.1 Å². The predicted octanol–water partition coefficient (Wildman–Crippen LogP) is 3.60. The number of hydrogen-bond donors (Lipinski definition) is 0. The highest BCUT2D eigenvalue weighted by Gasteiger charge is 2.16. The van der Waals surface area contributed by atoms with Crippen LogP contribution in [0.15, 0.2) is 24.4 Å². The van der Waals surface area contributed by atoms with E-state index in [-0.39, 0.29) is 0 Å². The van der Waals surface area contributed by atoms with Crippen molar-refractivity contribution < 1.29 is 9.47 Å². The van der Waals surface area contributed by atoms with E-state index in [4.69, 9.17) is 21.1 Å². The largest absolute Gasteiger partial charge is 0.347 e. The number of nitrogens with zero attached hydrogens (tertiary/aromatic N) is 3. The Kier molecular flexibility index (Phi) is 5.76. The highest BCUT2D eigenvalue weighted by atomic mass is 127. The van der Waals surface area contributed by atoms with Crippen molar-refractivity contribution in [2.24, 2.45) is 0 Å². The highest BCUT2D eigenvalue weighted by molar-refractivity contribution is 14.1. The molecule has 0 atom stereocenters. The number of aromatic nitrogens is 3. The van der Waals surface area contributed by atoms with Gasteiger partial charge in [-0.25, -0.2) is 4.68 Å². The van der Waals surface area contributed by atoms with Gasteiger partial charge < -0.3 is 9.47 Å². The molecule has 20 heavy (non-hydrogen) atoms. The van der Waals surface area contributed by atoms with E-state index < -0.39 is 6.29 Å². The van der Waals surface area contributed by atoms with Gasteiger partial charge in [-0.3, -0.25) is 0 Å². The number of halogens is 2. The van der Waals surface area contributed by atoms with E-state index in [1.54, 1.807) is 10.9 Å². The van der Waals surface area contributed by atoms with Crippen LogP contribution in [0.5, 0.6) is 0 Å². The van der Waals surface area contributed by atoms with Gasteiger partial charge in [-0.2, -0.15) is 0 Å². The molecule has 5 nitrogen and oxygen atoms in total.